The van der Waals surface area contributed by atoms with Crippen LogP contribution >= 0.6 is 0 Å². The van der Waals surface area contributed by atoms with Gasteiger partial charge in [-0.3, -0.25) is 14.4 Å². The van der Waals surface area contributed by atoms with Crippen molar-refractivity contribution in [3.63, 3.8) is 0 Å². The Morgan fingerprint density at radius 2 is 1.92 bits per heavy atom. The number of hydrogen-bond acceptors (Lipinski definition) is 3. The summed E-state index contributed by atoms with van der Waals surface area (Å²) in [6, 6.07) is 12.5. The lowest BCUT2D eigenvalue weighted by atomic mass is 10.2. The molecular formula is C19H18FN3O3. The first-order chi connectivity index (χ1) is 12.5. The van der Waals surface area contributed by atoms with Crippen LogP contribution in [0.4, 0.5) is 15.8 Å². The Morgan fingerprint density at radius 3 is 2.65 bits per heavy atom. The van der Waals surface area contributed by atoms with E-state index in [1.165, 1.54) is 18.2 Å². The molecule has 2 aromatic carbocycles. The van der Waals surface area contributed by atoms with Gasteiger partial charge in [-0.1, -0.05) is 18.2 Å². The molecule has 26 heavy (non-hydrogen) atoms. The van der Waals surface area contributed by atoms with Gasteiger partial charge >= 0.3 is 0 Å². The van der Waals surface area contributed by atoms with Crippen LogP contribution in [0.5, 0.6) is 0 Å². The summed E-state index contributed by atoms with van der Waals surface area (Å²) in [6.07, 6.45) is 1.34. The number of benzene rings is 2. The van der Waals surface area contributed by atoms with Gasteiger partial charge in [-0.25, -0.2) is 4.39 Å². The number of halogens is 1. The molecule has 0 aliphatic carbocycles. The summed E-state index contributed by atoms with van der Waals surface area (Å²) < 4.78 is 13.5. The maximum Gasteiger partial charge on any atom is 0.254 e. The highest BCUT2D eigenvalue weighted by molar-refractivity contribution is 6.00. The third-order valence-corrected chi connectivity index (χ3v) is 4.04. The molecule has 1 aliphatic heterocycles. The molecule has 0 spiro atoms. The number of rotatable bonds is 5. The van der Waals surface area contributed by atoms with Crippen molar-refractivity contribution in [2.24, 2.45) is 0 Å². The molecule has 6 nitrogen and oxygen atoms in total. The number of hydrogen-bond donors (Lipinski definition) is 2. The highest BCUT2D eigenvalue weighted by atomic mass is 19.1. The molecule has 0 saturated carbocycles. The standard InChI is InChI=1S/C19H18FN3O3/c20-16-8-2-1-7-15(16)19(26)21-12-17(24)22-13-5-3-6-14(11-13)23-10-4-9-18(23)25/h1-3,5-8,11H,4,9-10,12H2,(H,21,26)(H,22,24). The van der Waals surface area contributed by atoms with E-state index in [1.807, 2.05) is 0 Å². The topological polar surface area (TPSA) is 78.5 Å². The molecule has 0 bridgehead atoms. The van der Waals surface area contributed by atoms with Crippen LogP contribution < -0.4 is 15.5 Å². The van der Waals surface area contributed by atoms with E-state index < -0.39 is 17.6 Å². The molecular weight excluding hydrogens is 337 g/mol. The molecule has 7 heteroatoms. The molecule has 0 radical (unpaired) electrons. The summed E-state index contributed by atoms with van der Waals surface area (Å²) in [6.45, 7) is 0.370. The Hall–Kier alpha value is -3.22. The first-order valence-corrected chi connectivity index (χ1v) is 8.27. The minimum atomic E-state index is -0.658. The first kappa shape index (κ1) is 17.6. The summed E-state index contributed by atoms with van der Waals surface area (Å²) in [5.74, 6) is -1.69. The van der Waals surface area contributed by atoms with E-state index in [2.05, 4.69) is 10.6 Å². The lowest BCUT2D eigenvalue weighted by Gasteiger charge is -2.16. The number of carbonyl (C=O) groups is 3. The summed E-state index contributed by atoms with van der Waals surface area (Å²) in [5.41, 5.74) is 1.13. The van der Waals surface area contributed by atoms with E-state index in [0.717, 1.165) is 12.1 Å². The van der Waals surface area contributed by atoms with E-state index >= 15 is 0 Å². The van der Waals surface area contributed by atoms with Crippen LogP contribution in [0.25, 0.3) is 0 Å². The molecule has 1 heterocycles. The second-order valence-corrected chi connectivity index (χ2v) is 5.91. The smallest absolute Gasteiger partial charge is 0.254 e. The number of nitrogens with zero attached hydrogens (tertiary/aromatic N) is 1. The first-order valence-electron chi connectivity index (χ1n) is 8.27. The Labute approximate surface area is 150 Å². The van der Waals surface area contributed by atoms with Gasteiger partial charge in [0.15, 0.2) is 0 Å². The zero-order chi connectivity index (χ0) is 18.5. The fourth-order valence-electron chi connectivity index (χ4n) is 2.78. The predicted molar refractivity (Wildman–Crippen MR) is 95.4 cm³/mol. The van der Waals surface area contributed by atoms with Crippen LogP contribution in [0.3, 0.4) is 0 Å². The zero-order valence-corrected chi connectivity index (χ0v) is 14.0. The minimum absolute atomic E-state index is 0.0608. The van der Waals surface area contributed by atoms with Crippen LogP contribution in [0.15, 0.2) is 48.5 Å². The Bertz CT molecular complexity index is 853. The molecule has 1 fully saturated rings. The number of carbonyl (C=O) groups excluding carboxylic acids is 3. The van der Waals surface area contributed by atoms with E-state index in [0.29, 0.717) is 18.7 Å². The van der Waals surface area contributed by atoms with Gasteiger partial charge in [-0.05, 0) is 36.8 Å². The van der Waals surface area contributed by atoms with Crippen molar-refractivity contribution in [3.8, 4) is 0 Å². The van der Waals surface area contributed by atoms with Crippen molar-refractivity contribution < 1.29 is 18.8 Å². The number of anilines is 2. The van der Waals surface area contributed by atoms with Gasteiger partial charge < -0.3 is 15.5 Å². The van der Waals surface area contributed by atoms with Gasteiger partial charge in [0.25, 0.3) is 5.91 Å². The van der Waals surface area contributed by atoms with E-state index in [1.54, 1.807) is 35.2 Å². The Morgan fingerprint density at radius 1 is 1.12 bits per heavy atom. The molecule has 2 aromatic rings. The van der Waals surface area contributed by atoms with Crippen LogP contribution in [0.2, 0.25) is 0 Å². The van der Waals surface area contributed by atoms with Crippen molar-refractivity contribution in [1.29, 1.82) is 0 Å². The molecule has 1 aliphatic rings. The van der Waals surface area contributed by atoms with Crippen molar-refractivity contribution in [3.05, 3.63) is 59.9 Å². The van der Waals surface area contributed by atoms with Crippen molar-refractivity contribution in [1.82, 2.24) is 5.32 Å². The summed E-state index contributed by atoms with van der Waals surface area (Å²) >= 11 is 0. The van der Waals surface area contributed by atoms with Crippen LogP contribution in [-0.2, 0) is 9.59 Å². The molecule has 0 aromatic heterocycles. The van der Waals surface area contributed by atoms with Gasteiger partial charge in [0.1, 0.15) is 5.82 Å². The monoisotopic (exact) mass is 355 g/mol. The van der Waals surface area contributed by atoms with Gasteiger partial charge in [0.05, 0.1) is 12.1 Å². The van der Waals surface area contributed by atoms with Crippen molar-refractivity contribution in [2.45, 2.75) is 12.8 Å². The summed E-state index contributed by atoms with van der Waals surface area (Å²) in [4.78, 5) is 37.4. The fraction of sp³-hybridized carbons (Fsp3) is 0.211. The van der Waals surface area contributed by atoms with Gasteiger partial charge in [0, 0.05) is 24.3 Å². The second-order valence-electron chi connectivity index (χ2n) is 5.91. The van der Waals surface area contributed by atoms with E-state index in [-0.39, 0.29) is 18.0 Å². The van der Waals surface area contributed by atoms with Crippen LogP contribution in [0.1, 0.15) is 23.2 Å². The largest absolute Gasteiger partial charge is 0.343 e. The SMILES string of the molecule is O=C(CNC(=O)c1ccccc1F)Nc1cccc(N2CCCC2=O)c1. The second kappa shape index (κ2) is 7.77. The molecule has 0 unspecified atom stereocenters. The third kappa shape index (κ3) is 4.05. The molecule has 2 N–H and O–H groups in total. The average Bonchev–Trinajstić information content (AvgIpc) is 3.06. The van der Waals surface area contributed by atoms with E-state index in [4.69, 9.17) is 0 Å². The van der Waals surface area contributed by atoms with Gasteiger partial charge in [-0.2, -0.15) is 0 Å². The summed E-state index contributed by atoms with van der Waals surface area (Å²) in [7, 11) is 0. The number of nitrogens with one attached hydrogen (secondary N) is 2. The van der Waals surface area contributed by atoms with Gasteiger partial charge in [0.2, 0.25) is 11.8 Å². The van der Waals surface area contributed by atoms with Crippen LogP contribution in [0, 0.1) is 5.82 Å². The molecule has 0 atom stereocenters. The molecule has 1 saturated heterocycles. The maximum atomic E-state index is 13.5. The highest BCUT2D eigenvalue weighted by Crippen LogP contribution is 2.24. The Kier molecular flexibility index (Phi) is 5.26. The molecule has 134 valence electrons. The van der Waals surface area contributed by atoms with E-state index in [9.17, 15) is 18.8 Å². The number of amides is 3. The molecule has 3 amide bonds. The quantitative estimate of drug-likeness (QED) is 0.864. The third-order valence-electron chi connectivity index (χ3n) is 4.04. The molecule has 3 rings (SSSR count). The Balaban J connectivity index is 1.57. The normalized spacial score (nSPS) is 13.6. The predicted octanol–water partition coefficient (Wildman–Crippen LogP) is 2.32. The average molecular weight is 355 g/mol. The minimum Gasteiger partial charge on any atom is -0.343 e. The summed E-state index contributed by atoms with van der Waals surface area (Å²) in [5, 5.41) is 5.04. The maximum absolute atomic E-state index is 13.5. The van der Waals surface area contributed by atoms with Gasteiger partial charge in [-0.15, -0.1) is 0 Å². The van der Waals surface area contributed by atoms with Crippen molar-refractivity contribution >= 4 is 29.1 Å². The lowest BCUT2D eigenvalue weighted by Crippen LogP contribution is -2.33. The zero-order valence-electron chi connectivity index (χ0n) is 14.0. The lowest BCUT2D eigenvalue weighted by molar-refractivity contribution is -0.117. The van der Waals surface area contributed by atoms with Crippen LogP contribution in [-0.4, -0.2) is 30.8 Å². The van der Waals surface area contributed by atoms with Crippen molar-refractivity contribution in [2.75, 3.05) is 23.3 Å². The highest BCUT2D eigenvalue weighted by Gasteiger charge is 2.21. The fourth-order valence-corrected chi connectivity index (χ4v) is 2.78.